The van der Waals surface area contributed by atoms with Crippen LogP contribution < -0.4 is 0 Å². The maximum absolute atomic E-state index is 9.86. The number of hydrogen-bond donors (Lipinski definition) is 2. The smallest absolute Gasteiger partial charge is 0.330 e. The number of rotatable bonds is 2. The van der Waals surface area contributed by atoms with E-state index in [4.69, 9.17) is 10.2 Å². The molecule has 0 fully saturated rings. The third-order valence-corrected chi connectivity index (χ3v) is 1.07. The number of carboxylic acid groups (broad SMARTS) is 2. The average molecular weight is 174 g/mol. The van der Waals surface area contributed by atoms with Gasteiger partial charge < -0.3 is 10.2 Å². The van der Waals surface area contributed by atoms with Crippen molar-refractivity contribution < 1.29 is 19.8 Å². The number of allylic oxidation sites excluding steroid dienone is 1. The summed E-state index contributed by atoms with van der Waals surface area (Å²) in [6.45, 7) is 4.86. The summed E-state index contributed by atoms with van der Waals surface area (Å²) in [6, 6.07) is 0. The predicted octanol–water partition coefficient (Wildman–Crippen LogP) is 1.52. The minimum Gasteiger partial charge on any atom is -0.481 e. The Labute approximate surface area is 71.5 Å². The van der Waals surface area contributed by atoms with E-state index in [9.17, 15) is 9.59 Å². The van der Waals surface area contributed by atoms with Gasteiger partial charge in [0.15, 0.2) is 0 Å². The minimum absolute atomic E-state index is 0.222. The van der Waals surface area contributed by atoms with Gasteiger partial charge in [-0.25, -0.2) is 4.79 Å². The lowest BCUT2D eigenvalue weighted by atomic mass is 10.3. The summed E-state index contributed by atoms with van der Waals surface area (Å²) >= 11 is 0. The van der Waals surface area contributed by atoms with E-state index in [2.05, 4.69) is 0 Å². The first-order valence-electron chi connectivity index (χ1n) is 3.53. The van der Waals surface area contributed by atoms with Gasteiger partial charge in [-0.2, -0.15) is 0 Å². The molecule has 2 N–H and O–H groups in total. The fraction of sp³-hybridized carbons (Fsp3) is 0.500. The van der Waals surface area contributed by atoms with Crippen molar-refractivity contribution in [2.75, 3.05) is 0 Å². The molecule has 0 aromatic carbocycles. The highest BCUT2D eigenvalue weighted by atomic mass is 16.4. The molecule has 0 rings (SSSR count). The van der Waals surface area contributed by atoms with Crippen molar-refractivity contribution in [3.05, 3.63) is 11.6 Å². The van der Waals surface area contributed by atoms with Crippen LogP contribution in [0.1, 0.15) is 27.2 Å². The topological polar surface area (TPSA) is 74.6 Å². The summed E-state index contributed by atoms with van der Waals surface area (Å²) < 4.78 is 0. The number of hydrogen-bond acceptors (Lipinski definition) is 2. The molecule has 70 valence electrons. The van der Waals surface area contributed by atoms with Crippen LogP contribution in [-0.4, -0.2) is 22.2 Å². The Morgan fingerprint density at radius 2 is 1.67 bits per heavy atom. The summed E-state index contributed by atoms with van der Waals surface area (Å²) in [6.07, 6.45) is 1.78. The SMILES string of the molecule is C/C=C(/C)C(=O)O.CCC(=O)O. The van der Waals surface area contributed by atoms with E-state index in [0.29, 0.717) is 5.57 Å². The fourth-order valence-corrected chi connectivity index (χ4v) is 0.123. The molecule has 4 nitrogen and oxygen atoms in total. The van der Waals surface area contributed by atoms with Gasteiger partial charge in [-0.3, -0.25) is 4.79 Å². The molecule has 0 saturated carbocycles. The zero-order valence-electron chi connectivity index (χ0n) is 7.50. The van der Waals surface area contributed by atoms with Crippen LogP contribution in [0, 0.1) is 0 Å². The first-order valence-corrected chi connectivity index (χ1v) is 3.53. The monoisotopic (exact) mass is 174 g/mol. The molecule has 0 aliphatic carbocycles. The van der Waals surface area contributed by atoms with Gasteiger partial charge in [0.25, 0.3) is 0 Å². The van der Waals surface area contributed by atoms with Gasteiger partial charge in [0.2, 0.25) is 0 Å². The van der Waals surface area contributed by atoms with Gasteiger partial charge >= 0.3 is 11.9 Å². The highest BCUT2D eigenvalue weighted by Crippen LogP contribution is 1.87. The molecule has 12 heavy (non-hydrogen) atoms. The van der Waals surface area contributed by atoms with Crippen LogP contribution in [0.2, 0.25) is 0 Å². The number of aliphatic carboxylic acids is 2. The summed E-state index contributed by atoms with van der Waals surface area (Å²) in [7, 11) is 0. The minimum atomic E-state index is -0.845. The summed E-state index contributed by atoms with van der Waals surface area (Å²) in [4.78, 5) is 19.2. The molecule has 0 aromatic rings. The van der Waals surface area contributed by atoms with Gasteiger partial charge in [0, 0.05) is 12.0 Å². The Morgan fingerprint density at radius 3 is 1.67 bits per heavy atom. The molecular formula is C8H14O4. The molecule has 4 heteroatoms. The van der Waals surface area contributed by atoms with E-state index in [1.54, 1.807) is 26.8 Å². The number of carboxylic acids is 2. The predicted molar refractivity (Wildman–Crippen MR) is 45.0 cm³/mol. The maximum atomic E-state index is 9.86. The second-order valence-electron chi connectivity index (χ2n) is 2.02. The molecule has 0 aromatic heterocycles. The molecule has 0 aliphatic rings. The molecule has 0 atom stereocenters. The van der Waals surface area contributed by atoms with E-state index < -0.39 is 11.9 Å². The van der Waals surface area contributed by atoms with Crippen molar-refractivity contribution in [2.24, 2.45) is 0 Å². The van der Waals surface area contributed by atoms with E-state index in [0.717, 1.165) is 0 Å². The Hall–Kier alpha value is -1.32. The van der Waals surface area contributed by atoms with Gasteiger partial charge in [-0.05, 0) is 13.8 Å². The lowest BCUT2D eigenvalue weighted by molar-refractivity contribution is -0.136. The van der Waals surface area contributed by atoms with Gasteiger partial charge in [-0.15, -0.1) is 0 Å². The van der Waals surface area contributed by atoms with Crippen LogP contribution in [0.4, 0.5) is 0 Å². The van der Waals surface area contributed by atoms with Gasteiger partial charge in [0.1, 0.15) is 0 Å². The second-order valence-corrected chi connectivity index (χ2v) is 2.02. The quantitative estimate of drug-likeness (QED) is 0.622. The maximum Gasteiger partial charge on any atom is 0.330 e. The molecular weight excluding hydrogens is 160 g/mol. The van der Waals surface area contributed by atoms with E-state index >= 15 is 0 Å². The molecule has 0 spiro atoms. The van der Waals surface area contributed by atoms with Crippen LogP contribution in [-0.2, 0) is 9.59 Å². The summed E-state index contributed by atoms with van der Waals surface area (Å²) in [5, 5.41) is 15.8. The Bertz CT molecular complexity index is 181. The van der Waals surface area contributed by atoms with Crippen LogP contribution in [0.5, 0.6) is 0 Å². The molecule has 0 aliphatic heterocycles. The summed E-state index contributed by atoms with van der Waals surface area (Å²) in [5.74, 6) is -1.59. The van der Waals surface area contributed by atoms with Crippen molar-refractivity contribution in [2.45, 2.75) is 27.2 Å². The lowest BCUT2D eigenvalue weighted by Gasteiger charge is -1.84. The van der Waals surface area contributed by atoms with Crippen molar-refractivity contribution in [1.82, 2.24) is 0 Å². The van der Waals surface area contributed by atoms with Crippen molar-refractivity contribution in [3.8, 4) is 0 Å². The van der Waals surface area contributed by atoms with Crippen molar-refractivity contribution in [3.63, 3.8) is 0 Å². The van der Waals surface area contributed by atoms with Crippen molar-refractivity contribution in [1.29, 1.82) is 0 Å². The average Bonchev–Trinajstić information content (AvgIpc) is 2.04. The second kappa shape index (κ2) is 7.78. The molecule has 0 radical (unpaired) electrons. The first-order chi connectivity index (χ1) is 5.45. The molecule has 0 amide bonds. The van der Waals surface area contributed by atoms with Crippen LogP contribution in [0.15, 0.2) is 11.6 Å². The zero-order chi connectivity index (χ0) is 10.1. The highest BCUT2D eigenvalue weighted by molar-refractivity contribution is 5.85. The largest absolute Gasteiger partial charge is 0.481 e. The van der Waals surface area contributed by atoms with Gasteiger partial charge in [-0.1, -0.05) is 13.0 Å². The fourth-order valence-electron chi connectivity index (χ4n) is 0.123. The third-order valence-electron chi connectivity index (χ3n) is 1.07. The first kappa shape index (κ1) is 13.3. The van der Waals surface area contributed by atoms with E-state index in [1.165, 1.54) is 0 Å². The Morgan fingerprint density at radius 1 is 1.33 bits per heavy atom. The number of carbonyl (C=O) groups is 2. The van der Waals surface area contributed by atoms with Crippen LogP contribution in [0.3, 0.4) is 0 Å². The molecule has 0 saturated heterocycles. The Kier molecular flexibility index (Phi) is 8.62. The Balaban J connectivity index is 0. The normalized spacial score (nSPS) is 9.75. The standard InChI is InChI=1S/C5H8O2.C3H6O2/c1-3-4(2)5(6)7;1-2-3(4)5/h3H,1-2H3,(H,6,7);2H2,1H3,(H,4,5)/b4-3-;. The zero-order valence-corrected chi connectivity index (χ0v) is 7.50. The van der Waals surface area contributed by atoms with Crippen molar-refractivity contribution >= 4 is 11.9 Å². The highest BCUT2D eigenvalue weighted by Gasteiger charge is 1.93. The molecule has 0 bridgehead atoms. The van der Waals surface area contributed by atoms with E-state index in [1.807, 2.05) is 0 Å². The van der Waals surface area contributed by atoms with E-state index in [-0.39, 0.29) is 6.42 Å². The van der Waals surface area contributed by atoms with Gasteiger partial charge in [0.05, 0.1) is 0 Å². The summed E-state index contributed by atoms with van der Waals surface area (Å²) in [5.41, 5.74) is 0.389. The third kappa shape index (κ3) is 11.5. The van der Waals surface area contributed by atoms with Crippen LogP contribution >= 0.6 is 0 Å². The lowest BCUT2D eigenvalue weighted by Crippen LogP contribution is -1.93. The molecule has 0 heterocycles. The van der Waals surface area contributed by atoms with Crippen LogP contribution in [0.25, 0.3) is 0 Å². The molecule has 0 unspecified atom stereocenters.